The van der Waals surface area contributed by atoms with E-state index in [4.69, 9.17) is 10.5 Å². The van der Waals surface area contributed by atoms with Crippen LogP contribution in [0.15, 0.2) is 34.3 Å². The lowest BCUT2D eigenvalue weighted by molar-refractivity contribution is -0.128. The molecular formula is C24H35N4O5P. The molecule has 1 aromatic rings. The number of carbonyl (C=O) groups excluding carboxylic acids is 2. The van der Waals surface area contributed by atoms with Gasteiger partial charge in [-0.1, -0.05) is 41.5 Å². The summed E-state index contributed by atoms with van der Waals surface area (Å²) < 4.78 is 23.2. The van der Waals surface area contributed by atoms with Crippen molar-refractivity contribution in [2.75, 3.05) is 18.5 Å². The van der Waals surface area contributed by atoms with Crippen molar-refractivity contribution in [2.24, 2.45) is 21.3 Å². The molecule has 3 rings (SSSR count). The number of nitrogens with zero attached hydrogens (tertiary/aromatic N) is 2. The predicted molar refractivity (Wildman–Crippen MR) is 133 cm³/mol. The van der Waals surface area contributed by atoms with E-state index in [0.717, 1.165) is 6.42 Å². The largest absolute Gasteiger partial charge is 0.495 e. The van der Waals surface area contributed by atoms with E-state index in [2.05, 4.69) is 30.9 Å². The minimum atomic E-state index is -4.29. The van der Waals surface area contributed by atoms with Crippen LogP contribution in [0.25, 0.3) is 0 Å². The van der Waals surface area contributed by atoms with E-state index in [-0.39, 0.29) is 50.7 Å². The molecule has 1 unspecified atom stereocenters. The van der Waals surface area contributed by atoms with Crippen molar-refractivity contribution >= 4 is 36.2 Å². The fourth-order valence-electron chi connectivity index (χ4n) is 4.20. The second kappa shape index (κ2) is 8.86. The lowest BCUT2D eigenvalue weighted by Gasteiger charge is -2.37. The Morgan fingerprint density at radius 3 is 2.44 bits per heavy atom. The smallest absolute Gasteiger partial charge is 0.346 e. The highest BCUT2D eigenvalue weighted by Gasteiger charge is 2.49. The summed E-state index contributed by atoms with van der Waals surface area (Å²) >= 11 is 0. The first-order valence-electron chi connectivity index (χ1n) is 11.4. The molecule has 0 bridgehead atoms. The highest BCUT2D eigenvalue weighted by atomic mass is 31.2. The number of fused-ring (bicyclic) bond motifs is 1. The highest BCUT2D eigenvalue weighted by molar-refractivity contribution is 7.65. The van der Waals surface area contributed by atoms with Gasteiger partial charge in [-0.15, -0.1) is 0 Å². The van der Waals surface area contributed by atoms with Crippen LogP contribution in [0.2, 0.25) is 0 Å². The van der Waals surface area contributed by atoms with E-state index in [1.165, 1.54) is 18.2 Å². The van der Waals surface area contributed by atoms with Gasteiger partial charge in [-0.3, -0.25) is 14.2 Å². The molecule has 186 valence electrons. The molecule has 2 aliphatic rings. The van der Waals surface area contributed by atoms with Gasteiger partial charge in [-0.25, -0.2) is 0 Å². The lowest BCUT2D eigenvalue weighted by atomic mass is 9.84. The van der Waals surface area contributed by atoms with Gasteiger partial charge in [0.1, 0.15) is 11.3 Å². The summed E-state index contributed by atoms with van der Waals surface area (Å²) in [7, 11) is -4.29. The van der Waals surface area contributed by atoms with Crippen molar-refractivity contribution < 1.29 is 23.8 Å². The zero-order chi connectivity index (χ0) is 25.6. The molecule has 9 nitrogen and oxygen atoms in total. The van der Waals surface area contributed by atoms with Crippen LogP contribution in [0.5, 0.6) is 0 Å². The molecule has 0 aromatic heterocycles. The number of benzene rings is 1. The number of rotatable bonds is 6. The van der Waals surface area contributed by atoms with Crippen LogP contribution in [0.3, 0.4) is 0 Å². The van der Waals surface area contributed by atoms with Crippen molar-refractivity contribution in [1.82, 2.24) is 4.90 Å². The fourth-order valence-corrected chi connectivity index (χ4v) is 5.48. The number of anilines is 1. The number of nitrogens with two attached hydrogens (primary N) is 1. The molecule has 4 N–H and O–H groups in total. The summed E-state index contributed by atoms with van der Waals surface area (Å²) in [6.45, 7) is 15.1. The van der Waals surface area contributed by atoms with Crippen LogP contribution in [-0.4, -0.2) is 46.6 Å². The van der Waals surface area contributed by atoms with Gasteiger partial charge in [-0.2, -0.15) is 4.76 Å². The van der Waals surface area contributed by atoms with Crippen molar-refractivity contribution in [1.29, 1.82) is 0 Å². The van der Waals surface area contributed by atoms with Gasteiger partial charge in [0.2, 0.25) is 5.91 Å². The third kappa shape index (κ3) is 5.05. The first-order chi connectivity index (χ1) is 15.6. The van der Waals surface area contributed by atoms with E-state index in [1.54, 1.807) is 4.90 Å². The maximum atomic E-state index is 13.8. The molecule has 0 radical (unpaired) electrons. The van der Waals surface area contributed by atoms with Gasteiger partial charge in [0.05, 0.1) is 23.6 Å². The second-order valence-corrected chi connectivity index (χ2v) is 12.7. The van der Waals surface area contributed by atoms with Gasteiger partial charge in [0, 0.05) is 12.1 Å². The topological polar surface area (TPSA) is 134 Å². The molecule has 0 spiro atoms. The summed E-state index contributed by atoms with van der Waals surface area (Å²) in [6, 6.07) is 3.84. The van der Waals surface area contributed by atoms with Crippen LogP contribution in [0.4, 0.5) is 5.69 Å². The van der Waals surface area contributed by atoms with Crippen LogP contribution in [0.1, 0.15) is 65.2 Å². The molecule has 2 amide bonds. The second-order valence-electron chi connectivity index (χ2n) is 11.0. The Bertz CT molecular complexity index is 1130. The minimum Gasteiger partial charge on any atom is -0.495 e. The Morgan fingerprint density at radius 1 is 1.26 bits per heavy atom. The summed E-state index contributed by atoms with van der Waals surface area (Å²) in [5.41, 5.74) is 5.53. The molecule has 1 aromatic carbocycles. The van der Waals surface area contributed by atoms with Gasteiger partial charge in [0.25, 0.3) is 5.91 Å². The van der Waals surface area contributed by atoms with Crippen molar-refractivity contribution in [2.45, 2.75) is 60.9 Å². The summed E-state index contributed by atoms with van der Waals surface area (Å²) in [6.07, 6.45) is 0.773. The Hall–Kier alpha value is -2.64. The summed E-state index contributed by atoms with van der Waals surface area (Å²) in [5, 5.41) is 2.99. The van der Waals surface area contributed by atoms with E-state index in [9.17, 15) is 19.0 Å². The molecule has 2 aliphatic heterocycles. The van der Waals surface area contributed by atoms with Gasteiger partial charge in [-0.05, 0) is 42.4 Å². The zero-order valence-corrected chi connectivity index (χ0v) is 21.8. The number of hydrogen-bond acceptors (Lipinski definition) is 5. The minimum absolute atomic E-state index is 0.00822. The third-order valence-electron chi connectivity index (χ3n) is 5.83. The Morgan fingerprint density at radius 2 is 1.91 bits per heavy atom. The van der Waals surface area contributed by atoms with Crippen molar-refractivity contribution in [3.63, 3.8) is 0 Å². The normalized spacial score (nSPS) is 22.9. The van der Waals surface area contributed by atoms with Crippen molar-refractivity contribution in [3.05, 3.63) is 35.1 Å². The molecule has 0 saturated carbocycles. The highest BCUT2D eigenvalue weighted by Crippen LogP contribution is 2.48. The molecule has 0 aliphatic carbocycles. The molecular weight excluding hydrogens is 455 g/mol. The maximum absolute atomic E-state index is 13.8. The number of amidine groups is 1. The Labute approximate surface area is 201 Å². The first kappa shape index (κ1) is 26.0. The zero-order valence-electron chi connectivity index (χ0n) is 20.9. The molecule has 10 heteroatoms. The van der Waals surface area contributed by atoms with Crippen molar-refractivity contribution in [3.8, 4) is 0 Å². The average Bonchev–Trinajstić information content (AvgIpc) is 2.96. The van der Waals surface area contributed by atoms with Crippen LogP contribution in [0, 0.1) is 10.8 Å². The average molecular weight is 491 g/mol. The molecule has 34 heavy (non-hydrogen) atoms. The number of carbonyl (C=O) groups is 2. The quantitative estimate of drug-likeness (QED) is 0.523. The third-order valence-corrected chi connectivity index (χ3v) is 7.29. The number of primary amides is 1. The number of hydrogen-bond donors (Lipinski definition) is 3. The van der Waals surface area contributed by atoms with Crippen LogP contribution < -0.4 is 16.4 Å². The molecule has 0 saturated heterocycles. The summed E-state index contributed by atoms with van der Waals surface area (Å²) in [5.74, 6) is -0.577. The standard InChI is InChI=1S/C24H35N4O5P/c1-8-33-18-17(22(30)28(12-11-23(2,3)4)19(18)24(5,6)7)21-26-15-10-9-14(20(25)29)13-16(15)34(31,32)27-21/h9-10,13,19H,8,11-12H2,1-7H3,(H2,25,29)(H2,26,27,31,32)/t19-/m1/s1. The number of nitrogens with one attached hydrogen (secondary N) is 1. The van der Waals surface area contributed by atoms with Gasteiger partial charge in [0.15, 0.2) is 5.84 Å². The van der Waals surface area contributed by atoms with Crippen LogP contribution in [-0.2, 0) is 14.1 Å². The fraction of sp³-hybridized carbons (Fsp3) is 0.542. The Kier molecular flexibility index (Phi) is 6.77. The van der Waals surface area contributed by atoms with E-state index < -0.39 is 13.4 Å². The predicted octanol–water partition coefficient (Wildman–Crippen LogP) is 3.40. The Balaban J connectivity index is 2.13. The number of amides is 2. The molecule has 0 fully saturated rings. The SMILES string of the molecule is CCOC1=C(C2=NP(=O)(O)c3cc(C(N)=O)ccc3N2)C(=O)N(CCC(C)(C)C)[C@H]1C(C)(C)C. The van der Waals surface area contributed by atoms with E-state index in [1.807, 2.05) is 27.7 Å². The van der Waals surface area contributed by atoms with E-state index in [0.29, 0.717) is 18.9 Å². The maximum Gasteiger partial charge on any atom is 0.346 e. The number of ether oxygens (including phenoxy) is 1. The first-order valence-corrected chi connectivity index (χ1v) is 13.0. The lowest BCUT2D eigenvalue weighted by Crippen LogP contribution is -2.45. The van der Waals surface area contributed by atoms with Gasteiger partial charge >= 0.3 is 7.52 Å². The van der Waals surface area contributed by atoms with Gasteiger partial charge < -0.3 is 25.6 Å². The molecule has 2 heterocycles. The molecule has 2 atom stereocenters. The monoisotopic (exact) mass is 490 g/mol. The van der Waals surface area contributed by atoms with E-state index >= 15 is 0 Å². The van der Waals surface area contributed by atoms with Crippen LogP contribution >= 0.6 is 7.52 Å². The summed E-state index contributed by atoms with van der Waals surface area (Å²) in [4.78, 5) is 37.8.